The quantitative estimate of drug-likeness (QED) is 0.255. The van der Waals surface area contributed by atoms with Crippen LogP contribution in [0.3, 0.4) is 0 Å². The highest BCUT2D eigenvalue weighted by Crippen LogP contribution is 2.41. The van der Waals surface area contributed by atoms with E-state index in [0.717, 1.165) is 0 Å². The van der Waals surface area contributed by atoms with E-state index in [0.29, 0.717) is 52.7 Å². The average Bonchev–Trinajstić information content (AvgIpc) is 3.61. The van der Waals surface area contributed by atoms with Gasteiger partial charge in [0.25, 0.3) is 5.91 Å². The third-order valence-electron chi connectivity index (χ3n) is 7.37. The van der Waals surface area contributed by atoms with E-state index in [4.69, 9.17) is 9.05 Å². The van der Waals surface area contributed by atoms with E-state index in [1.54, 1.807) is 24.3 Å². The van der Waals surface area contributed by atoms with Crippen LogP contribution in [0, 0.1) is 5.82 Å². The van der Waals surface area contributed by atoms with E-state index < -0.39 is 33.1 Å². The van der Waals surface area contributed by atoms with Crippen molar-refractivity contribution in [1.29, 1.82) is 0 Å². The summed E-state index contributed by atoms with van der Waals surface area (Å²) in [5.41, 5.74) is 2.81. The van der Waals surface area contributed by atoms with Gasteiger partial charge in [-0.15, -0.1) is 0 Å². The smallest absolute Gasteiger partial charge is 0.255 e. The van der Waals surface area contributed by atoms with Gasteiger partial charge in [0, 0.05) is 37.2 Å². The van der Waals surface area contributed by atoms with Gasteiger partial charge in [0.1, 0.15) is 33.8 Å². The predicted molar refractivity (Wildman–Crippen MR) is 155 cm³/mol. The summed E-state index contributed by atoms with van der Waals surface area (Å²) in [4.78, 5) is 13.1. The number of rotatable bonds is 7. The zero-order chi connectivity index (χ0) is 29.6. The van der Waals surface area contributed by atoms with Crippen LogP contribution in [0.1, 0.15) is 34.7 Å². The number of nitrogens with one attached hydrogen (secondary N) is 2. The lowest BCUT2D eigenvalue weighted by molar-refractivity contribution is 0.0964. The van der Waals surface area contributed by atoms with Crippen LogP contribution in [0.15, 0.2) is 68.5 Å². The van der Waals surface area contributed by atoms with Gasteiger partial charge in [0.15, 0.2) is 5.52 Å². The second-order valence-electron chi connectivity index (χ2n) is 9.97. The molecule has 3 heterocycles. The van der Waals surface area contributed by atoms with Crippen LogP contribution >= 0.6 is 0 Å². The zero-order valence-electron chi connectivity index (χ0n) is 22.6. The van der Waals surface area contributed by atoms with Crippen LogP contribution in [-0.2, 0) is 21.4 Å². The van der Waals surface area contributed by atoms with Gasteiger partial charge >= 0.3 is 0 Å². The van der Waals surface area contributed by atoms with Gasteiger partial charge in [0.05, 0.1) is 22.6 Å². The van der Waals surface area contributed by atoms with Crippen molar-refractivity contribution in [2.24, 2.45) is 0 Å². The highest BCUT2D eigenvalue weighted by Gasteiger charge is 2.35. The summed E-state index contributed by atoms with van der Waals surface area (Å²) in [5, 5.41) is 10.7. The SMILES string of the molecule is CNC(=O)c1c(-c2ccc(F)cc2)oc2cc(N[S+](C)[O-])c([C@H]3CCCN(S(=O)(=O)c4cccc5nonc45)C3)cc12. The van der Waals surface area contributed by atoms with Crippen LogP contribution in [0.25, 0.3) is 33.3 Å². The third-order valence-corrected chi connectivity index (χ3v) is 9.77. The molecule has 0 aliphatic carbocycles. The van der Waals surface area contributed by atoms with Crippen molar-refractivity contribution in [3.05, 3.63) is 71.5 Å². The molecule has 2 N–H and O–H groups in total. The highest BCUT2D eigenvalue weighted by atomic mass is 32.2. The predicted octanol–water partition coefficient (Wildman–Crippen LogP) is 4.41. The molecule has 2 atom stereocenters. The second kappa shape index (κ2) is 11.0. The number of fused-ring (bicyclic) bond motifs is 2. The summed E-state index contributed by atoms with van der Waals surface area (Å²) >= 11 is -1.46. The minimum absolute atomic E-state index is 0.00559. The fourth-order valence-corrected chi connectivity index (χ4v) is 7.59. The number of sulfonamides is 1. The van der Waals surface area contributed by atoms with E-state index in [9.17, 15) is 22.2 Å². The molecule has 2 aromatic heterocycles. The molecule has 5 aromatic rings. The van der Waals surface area contributed by atoms with E-state index >= 15 is 0 Å². The number of hydrogen-bond donors (Lipinski definition) is 2. The molecule has 0 saturated carbocycles. The number of halogens is 1. The first-order valence-electron chi connectivity index (χ1n) is 13.1. The van der Waals surface area contributed by atoms with Crippen LogP contribution in [0.2, 0.25) is 0 Å². The highest BCUT2D eigenvalue weighted by molar-refractivity contribution is 7.92. The maximum atomic E-state index is 13.8. The Balaban J connectivity index is 1.45. The first-order valence-corrected chi connectivity index (χ1v) is 16.1. The number of carbonyl (C=O) groups excluding carboxylic acids is 1. The Morgan fingerprint density at radius 3 is 2.69 bits per heavy atom. The van der Waals surface area contributed by atoms with Crippen molar-refractivity contribution >= 4 is 55.0 Å². The van der Waals surface area contributed by atoms with Crippen molar-refractivity contribution in [2.75, 3.05) is 31.1 Å². The van der Waals surface area contributed by atoms with Gasteiger partial charge in [-0.1, -0.05) is 6.07 Å². The molecule has 1 aliphatic heterocycles. The molecule has 0 radical (unpaired) electrons. The monoisotopic (exact) mass is 611 g/mol. The molecule has 1 fully saturated rings. The zero-order valence-corrected chi connectivity index (χ0v) is 24.2. The lowest BCUT2D eigenvalue weighted by Gasteiger charge is -2.33. The summed E-state index contributed by atoms with van der Waals surface area (Å²) in [6.07, 6.45) is 2.70. The Morgan fingerprint density at radius 2 is 1.95 bits per heavy atom. The number of piperidine rings is 1. The summed E-state index contributed by atoms with van der Waals surface area (Å²) in [7, 11) is -2.46. The fraction of sp³-hybridized carbons (Fsp3) is 0.250. The molecule has 218 valence electrons. The molecule has 1 aliphatic rings. The maximum absolute atomic E-state index is 13.8. The number of furan rings is 1. The normalized spacial score (nSPS) is 17.0. The molecular weight excluding hydrogens is 585 g/mol. The van der Waals surface area contributed by atoms with Gasteiger partial charge in [-0.25, -0.2) is 22.2 Å². The first-order chi connectivity index (χ1) is 20.2. The summed E-state index contributed by atoms with van der Waals surface area (Å²) in [6.45, 7) is 0.438. The van der Waals surface area contributed by atoms with Crippen LogP contribution in [0.4, 0.5) is 10.1 Å². The maximum Gasteiger partial charge on any atom is 0.255 e. The number of hydrogen-bond acceptors (Lipinski definition) is 9. The molecule has 42 heavy (non-hydrogen) atoms. The third kappa shape index (κ3) is 5.00. The molecule has 1 amide bonds. The molecule has 11 nitrogen and oxygen atoms in total. The second-order valence-corrected chi connectivity index (χ2v) is 13.0. The minimum atomic E-state index is -3.96. The van der Waals surface area contributed by atoms with E-state index in [-0.39, 0.29) is 34.2 Å². The van der Waals surface area contributed by atoms with Gasteiger partial charge in [0.2, 0.25) is 10.0 Å². The van der Waals surface area contributed by atoms with Crippen LogP contribution in [0.5, 0.6) is 0 Å². The number of aromatic nitrogens is 2. The summed E-state index contributed by atoms with van der Waals surface area (Å²) in [5.74, 6) is -0.878. The van der Waals surface area contributed by atoms with Crippen molar-refractivity contribution in [3.63, 3.8) is 0 Å². The average molecular weight is 612 g/mol. The fourth-order valence-electron chi connectivity index (χ4n) is 5.44. The summed E-state index contributed by atoms with van der Waals surface area (Å²) in [6, 6.07) is 13.7. The number of carbonyl (C=O) groups is 1. The Hall–Kier alpha value is -3.98. The Bertz CT molecular complexity index is 1910. The first kappa shape index (κ1) is 28.2. The molecule has 3 aromatic carbocycles. The molecule has 14 heteroatoms. The van der Waals surface area contributed by atoms with Crippen molar-refractivity contribution in [3.8, 4) is 11.3 Å². The lowest BCUT2D eigenvalue weighted by atomic mass is 9.89. The van der Waals surface area contributed by atoms with E-state index in [1.807, 2.05) is 0 Å². The Labute approximate surface area is 243 Å². The number of amides is 1. The van der Waals surface area contributed by atoms with Crippen molar-refractivity contribution < 1.29 is 31.2 Å². The molecule has 0 bridgehead atoms. The van der Waals surface area contributed by atoms with Gasteiger partial charge < -0.3 is 14.3 Å². The van der Waals surface area contributed by atoms with Crippen LogP contribution in [-0.4, -0.2) is 59.9 Å². The molecule has 0 spiro atoms. The minimum Gasteiger partial charge on any atom is -0.593 e. The molecule has 1 unspecified atom stereocenters. The molecule has 6 rings (SSSR count). The van der Waals surface area contributed by atoms with Gasteiger partial charge in [-0.05, 0) is 77.1 Å². The van der Waals surface area contributed by atoms with Gasteiger partial charge in [-0.2, -0.15) is 4.31 Å². The van der Waals surface area contributed by atoms with E-state index in [1.165, 1.54) is 47.9 Å². The van der Waals surface area contributed by atoms with E-state index in [2.05, 4.69) is 20.4 Å². The van der Waals surface area contributed by atoms with Crippen LogP contribution < -0.4 is 10.0 Å². The Kier molecular flexibility index (Phi) is 7.39. The van der Waals surface area contributed by atoms with Gasteiger partial charge in [-0.3, -0.25) is 4.79 Å². The van der Waals surface area contributed by atoms with Crippen molar-refractivity contribution in [1.82, 2.24) is 19.9 Å². The Morgan fingerprint density at radius 1 is 1.17 bits per heavy atom. The number of nitrogens with zero attached hydrogens (tertiary/aromatic N) is 3. The standard InChI is InChI=1S/C28H26FN5O6S2/c1-30-28(35)25-20-13-19(22(33-41(2)36)14-23(20)39-27(25)16-8-10-18(29)11-9-16)17-5-4-12-34(15-17)42(37,38)24-7-3-6-21-26(24)32-40-31-21/h3,6-11,13-14,17,33H,4-5,12,15H2,1-2H3,(H,30,35)/t17-,41?/m0/s1. The molecular formula is C28H26FN5O6S2. The van der Waals surface area contributed by atoms with Crippen molar-refractivity contribution in [2.45, 2.75) is 23.7 Å². The number of benzene rings is 3. The lowest BCUT2D eigenvalue weighted by Crippen LogP contribution is -2.39. The largest absolute Gasteiger partial charge is 0.593 e. The number of anilines is 1. The molecule has 1 saturated heterocycles. The topological polar surface area (TPSA) is 154 Å². The summed E-state index contributed by atoms with van der Waals surface area (Å²) < 4.78 is 68.8.